The number of non-ortho nitro benzene ring substituents is 2. The Hall–Kier alpha value is -6.56. The van der Waals surface area contributed by atoms with Gasteiger partial charge in [-0.3, -0.25) is 20.2 Å². The van der Waals surface area contributed by atoms with Crippen LogP contribution in [-0.2, 0) is 32.4 Å². The molecule has 452 valence electrons. The van der Waals surface area contributed by atoms with E-state index in [-0.39, 0.29) is 58.4 Å². The first-order chi connectivity index (χ1) is 39.2. The number of hydrogen-bond acceptors (Lipinski definition) is 18. The predicted molar refractivity (Wildman–Crippen MR) is 331 cm³/mol. The molecule has 0 aliphatic carbocycles. The second kappa shape index (κ2) is 24.8. The standard InChI is InChI=1S/C28H38N6O5Si.C15H20BrN3O2.C13H20BN3O5Si/c1-27(2,3)39-26(35)32-17-28(18-32)15-31(16-28)24-13-20(9-10-29-24)25-22-14-21(34(36)37)7-8-23(22)33(30-25)19-38-11-12-40(4,5)6;1-14(2,3)21-13(20)19-9-15(10-19)7-18(8-15)12-6-11(16)4-5-17-12;1-23(2,3)7-6-22-9-16-12-5-4-10(17(20)21)8-11(12)13(15-16)14(18)19/h7-10,13-14H,11-12,15-19H2,1-6H3;4-6H,7-10H2,1-3H3;4-5,8,18-19H,6-7,9H2,1-3H3. The summed E-state index contributed by atoms with van der Waals surface area (Å²) in [6.45, 7) is 33.1. The number of carbonyl (C=O) groups excluding carboxylic acids is 2. The molecular formula is C56H78BBrN12O12Si2. The Kier molecular flexibility index (Phi) is 18.7. The van der Waals surface area contributed by atoms with Gasteiger partial charge in [0.1, 0.15) is 47.6 Å². The van der Waals surface area contributed by atoms with Crippen molar-refractivity contribution >= 4 is 102 Å². The number of amides is 2. The number of halogens is 1. The fraction of sp³-hybridized carbons (Fsp3) is 0.536. The Balaban J connectivity index is 0.000000178. The average Bonchev–Trinajstić information content (AvgIpc) is 1.17. The minimum Gasteiger partial charge on any atom is -0.444 e. The molecule has 4 aliphatic heterocycles. The van der Waals surface area contributed by atoms with Gasteiger partial charge < -0.3 is 48.6 Å². The van der Waals surface area contributed by atoms with Gasteiger partial charge in [-0.15, -0.1) is 0 Å². The van der Waals surface area contributed by atoms with Gasteiger partial charge in [0, 0.05) is 150 Å². The van der Waals surface area contributed by atoms with Gasteiger partial charge in [-0.25, -0.2) is 28.9 Å². The molecule has 8 heterocycles. The van der Waals surface area contributed by atoms with E-state index in [1.807, 2.05) is 65.8 Å². The Labute approximate surface area is 500 Å². The van der Waals surface area contributed by atoms with Crippen LogP contribution >= 0.6 is 15.9 Å². The van der Waals surface area contributed by atoms with Crippen LogP contribution in [-0.4, -0.2) is 171 Å². The van der Waals surface area contributed by atoms with Crippen LogP contribution in [0.25, 0.3) is 33.1 Å². The summed E-state index contributed by atoms with van der Waals surface area (Å²) in [5, 5.41) is 51.2. The van der Waals surface area contributed by atoms with E-state index in [1.54, 1.807) is 39.0 Å². The average molecular weight is 1260 g/mol. The largest absolute Gasteiger partial charge is 0.510 e. The molecule has 0 atom stereocenters. The van der Waals surface area contributed by atoms with Crippen molar-refractivity contribution in [3.05, 3.63) is 97.8 Å². The maximum absolute atomic E-state index is 12.3. The molecule has 10 rings (SSSR count). The molecule has 6 aromatic rings. The lowest BCUT2D eigenvalue weighted by molar-refractivity contribution is -0.384. The zero-order chi connectivity index (χ0) is 61.3. The fourth-order valence-electron chi connectivity index (χ4n) is 10.2. The lowest BCUT2D eigenvalue weighted by Crippen LogP contribution is -2.73. The van der Waals surface area contributed by atoms with Crippen molar-refractivity contribution in [1.82, 2.24) is 39.3 Å². The highest BCUT2D eigenvalue weighted by molar-refractivity contribution is 9.10. The van der Waals surface area contributed by atoms with Crippen molar-refractivity contribution in [2.75, 3.05) is 75.4 Å². The first kappa shape index (κ1) is 63.5. The molecule has 0 bridgehead atoms. The van der Waals surface area contributed by atoms with Crippen LogP contribution in [0.3, 0.4) is 0 Å². The van der Waals surface area contributed by atoms with E-state index in [1.165, 1.54) is 28.9 Å². The summed E-state index contributed by atoms with van der Waals surface area (Å²) in [7, 11) is -4.22. The number of nitrogens with zero attached hydrogens (tertiary/aromatic N) is 12. The van der Waals surface area contributed by atoms with E-state index in [4.69, 9.17) is 24.0 Å². The molecule has 4 aromatic heterocycles. The van der Waals surface area contributed by atoms with Crippen molar-refractivity contribution in [3.8, 4) is 11.3 Å². The lowest BCUT2D eigenvalue weighted by atomic mass is 9.73. The summed E-state index contributed by atoms with van der Waals surface area (Å²) in [5.74, 6) is 1.81. The zero-order valence-corrected chi connectivity index (χ0v) is 53.7. The van der Waals surface area contributed by atoms with Crippen LogP contribution in [0.2, 0.25) is 51.4 Å². The van der Waals surface area contributed by atoms with E-state index in [2.05, 4.69) is 80.1 Å². The van der Waals surface area contributed by atoms with E-state index in [9.17, 15) is 39.9 Å². The third-order valence-corrected chi connectivity index (χ3v) is 18.4. The maximum atomic E-state index is 12.3. The molecule has 2 N–H and O–H groups in total. The molecule has 0 radical (unpaired) electrons. The number of fused-ring (bicyclic) bond motifs is 2. The molecule has 4 fully saturated rings. The maximum Gasteiger partial charge on any atom is 0.510 e. The molecule has 2 aromatic carbocycles. The van der Waals surface area contributed by atoms with E-state index in [0.29, 0.717) is 48.3 Å². The number of anilines is 2. The fourth-order valence-corrected chi connectivity index (χ4v) is 12.1. The van der Waals surface area contributed by atoms with Gasteiger partial charge in [-0.05, 0) is 90.0 Å². The van der Waals surface area contributed by atoms with Crippen LogP contribution in [0.15, 0.2) is 77.5 Å². The van der Waals surface area contributed by atoms with Crippen LogP contribution in [0.4, 0.5) is 32.6 Å². The third kappa shape index (κ3) is 16.0. The van der Waals surface area contributed by atoms with Crippen molar-refractivity contribution in [1.29, 1.82) is 0 Å². The van der Waals surface area contributed by atoms with Crippen LogP contribution in [0.1, 0.15) is 41.5 Å². The number of hydrogen-bond donors (Lipinski definition) is 2. The first-order valence-corrected chi connectivity index (χ1v) is 36.2. The minimum absolute atomic E-state index is 0.0162. The van der Waals surface area contributed by atoms with Crippen molar-refractivity contribution in [2.24, 2.45) is 10.8 Å². The molecule has 4 aliphatic rings. The quantitative estimate of drug-likeness (QED) is 0.0395. The van der Waals surface area contributed by atoms with Crippen molar-refractivity contribution < 1.29 is 48.4 Å². The van der Waals surface area contributed by atoms with Gasteiger partial charge >= 0.3 is 19.3 Å². The monoisotopic (exact) mass is 1260 g/mol. The topological polar surface area (TPSA) is 272 Å². The van der Waals surface area contributed by atoms with Crippen molar-refractivity contribution in [2.45, 2.75) is 118 Å². The summed E-state index contributed by atoms with van der Waals surface area (Å²) in [6, 6.07) is 18.9. The minimum atomic E-state index is -1.80. The molecule has 2 spiro atoms. The Bertz CT molecular complexity index is 3370. The molecule has 24 nitrogen and oxygen atoms in total. The summed E-state index contributed by atoms with van der Waals surface area (Å²) in [5.41, 5.74) is 2.09. The second-order valence-electron chi connectivity index (χ2n) is 26.8. The van der Waals surface area contributed by atoms with Gasteiger partial charge in [-0.1, -0.05) is 55.2 Å². The summed E-state index contributed by atoms with van der Waals surface area (Å²) in [6.07, 6.45) is 3.08. The molecule has 28 heteroatoms. The molecular weight excluding hydrogens is 1180 g/mol. The van der Waals surface area contributed by atoms with Gasteiger partial charge in [0.15, 0.2) is 0 Å². The molecule has 84 heavy (non-hydrogen) atoms. The number of ether oxygens (including phenoxy) is 4. The lowest BCUT2D eigenvalue weighted by Gasteiger charge is -2.60. The number of carbonyl (C=O) groups is 2. The number of nitro benzene ring substituents is 2. The number of rotatable bonds is 16. The first-order valence-electron chi connectivity index (χ1n) is 28.0. The van der Waals surface area contributed by atoms with Crippen molar-refractivity contribution in [3.63, 3.8) is 0 Å². The second-order valence-corrected chi connectivity index (χ2v) is 39.0. The predicted octanol–water partition coefficient (Wildman–Crippen LogP) is 9.21. The Morgan fingerprint density at radius 1 is 0.631 bits per heavy atom. The van der Waals surface area contributed by atoms with E-state index in [0.717, 1.165) is 78.5 Å². The highest BCUT2D eigenvalue weighted by Gasteiger charge is 2.55. The Morgan fingerprint density at radius 2 is 1.06 bits per heavy atom. The normalized spacial score (nSPS) is 16.2. The SMILES string of the molecule is CC(C)(C)OC(=O)N1CC2(C1)CN(c1cc(-c3nn(COCC[Si](C)(C)C)c4ccc([N+](=O)[O-])cc34)ccn1)C2.CC(C)(C)OC(=O)N1CC2(C1)CN(c1cc(Br)ccn1)C2.C[Si](C)(C)CCOCn1nc(B(O)O)c2cc([N+](=O)[O-])ccc21. The zero-order valence-electron chi connectivity index (χ0n) is 50.1. The van der Waals surface area contributed by atoms with E-state index < -0.39 is 39.4 Å². The number of nitro groups is 2. The summed E-state index contributed by atoms with van der Waals surface area (Å²) >= 11 is 3.46. The molecule has 0 unspecified atom stereocenters. The summed E-state index contributed by atoms with van der Waals surface area (Å²) < 4.78 is 26.7. The third-order valence-electron chi connectivity index (χ3n) is 14.5. The number of aromatic nitrogens is 6. The number of pyridine rings is 2. The Morgan fingerprint density at radius 3 is 1.49 bits per heavy atom. The van der Waals surface area contributed by atoms with Gasteiger partial charge in [0.25, 0.3) is 11.4 Å². The van der Waals surface area contributed by atoms with Gasteiger partial charge in [0.2, 0.25) is 0 Å². The molecule has 0 saturated carbocycles. The highest BCUT2D eigenvalue weighted by Crippen LogP contribution is 2.44. The molecule has 4 saturated heterocycles. The van der Waals surface area contributed by atoms with Crippen LogP contribution < -0.4 is 15.4 Å². The van der Waals surface area contributed by atoms with Gasteiger partial charge in [-0.2, -0.15) is 10.2 Å². The molecule has 2 amide bonds. The van der Waals surface area contributed by atoms with E-state index >= 15 is 0 Å². The number of likely N-dealkylation sites (tertiary alicyclic amines) is 2. The number of benzene rings is 2. The van der Waals surface area contributed by atoms with Crippen LogP contribution in [0.5, 0.6) is 0 Å². The highest BCUT2D eigenvalue weighted by atomic mass is 79.9. The summed E-state index contributed by atoms with van der Waals surface area (Å²) in [4.78, 5) is 62.7. The smallest absolute Gasteiger partial charge is 0.444 e. The van der Waals surface area contributed by atoms with Gasteiger partial charge in [0.05, 0.1) is 20.9 Å². The van der Waals surface area contributed by atoms with Crippen LogP contribution in [0, 0.1) is 31.1 Å².